The SMILES string of the molecule is COc1ccc(Oc2ccc(C#N)c(Br)c2)cc1N. The lowest BCUT2D eigenvalue weighted by molar-refractivity contribution is 0.415. The van der Waals surface area contributed by atoms with Crippen LogP contribution in [0.4, 0.5) is 5.69 Å². The molecule has 0 radical (unpaired) electrons. The van der Waals surface area contributed by atoms with Crippen molar-refractivity contribution in [2.45, 2.75) is 0 Å². The molecule has 2 aromatic carbocycles. The van der Waals surface area contributed by atoms with E-state index in [4.69, 9.17) is 20.5 Å². The zero-order valence-corrected chi connectivity index (χ0v) is 11.8. The Bertz CT molecular complexity index is 650. The first kappa shape index (κ1) is 13.2. The van der Waals surface area contributed by atoms with Crippen LogP contribution in [0.2, 0.25) is 0 Å². The zero-order valence-electron chi connectivity index (χ0n) is 10.2. The number of methoxy groups -OCH3 is 1. The number of halogens is 1. The van der Waals surface area contributed by atoms with Gasteiger partial charge in [0.05, 0.1) is 18.4 Å². The van der Waals surface area contributed by atoms with Crippen molar-refractivity contribution < 1.29 is 9.47 Å². The monoisotopic (exact) mass is 318 g/mol. The number of rotatable bonds is 3. The number of nitrogens with two attached hydrogens (primary N) is 1. The maximum absolute atomic E-state index is 8.84. The molecular weight excluding hydrogens is 308 g/mol. The second-order valence-corrected chi connectivity index (χ2v) is 4.61. The molecule has 0 atom stereocenters. The normalized spacial score (nSPS) is 9.74. The summed E-state index contributed by atoms with van der Waals surface area (Å²) in [6.07, 6.45) is 0. The fourth-order valence-electron chi connectivity index (χ4n) is 1.56. The molecule has 0 aliphatic rings. The van der Waals surface area contributed by atoms with Gasteiger partial charge >= 0.3 is 0 Å². The summed E-state index contributed by atoms with van der Waals surface area (Å²) < 4.78 is 11.4. The second-order valence-electron chi connectivity index (χ2n) is 3.76. The molecule has 19 heavy (non-hydrogen) atoms. The van der Waals surface area contributed by atoms with E-state index in [1.165, 1.54) is 0 Å². The van der Waals surface area contributed by atoms with Crippen LogP contribution in [-0.2, 0) is 0 Å². The molecule has 96 valence electrons. The third kappa shape index (κ3) is 2.98. The molecule has 0 aromatic heterocycles. The number of hydrogen-bond acceptors (Lipinski definition) is 4. The highest BCUT2D eigenvalue weighted by Gasteiger charge is 2.05. The first-order valence-corrected chi connectivity index (χ1v) is 6.24. The minimum absolute atomic E-state index is 0.507. The van der Waals surface area contributed by atoms with Crippen LogP contribution in [0.3, 0.4) is 0 Å². The van der Waals surface area contributed by atoms with Gasteiger partial charge in [0.15, 0.2) is 0 Å². The molecule has 0 saturated heterocycles. The second kappa shape index (κ2) is 5.63. The Hall–Kier alpha value is -2.19. The molecule has 0 heterocycles. The molecule has 0 unspecified atom stereocenters. The van der Waals surface area contributed by atoms with Crippen LogP contribution < -0.4 is 15.2 Å². The van der Waals surface area contributed by atoms with Crippen LogP contribution in [0.25, 0.3) is 0 Å². The molecule has 0 saturated carbocycles. The van der Waals surface area contributed by atoms with Crippen molar-refractivity contribution in [2.24, 2.45) is 0 Å². The van der Waals surface area contributed by atoms with Crippen molar-refractivity contribution in [3.8, 4) is 23.3 Å². The largest absolute Gasteiger partial charge is 0.495 e. The maximum atomic E-state index is 8.84. The number of nitriles is 1. The van der Waals surface area contributed by atoms with Gasteiger partial charge in [0.25, 0.3) is 0 Å². The molecule has 0 fully saturated rings. The quantitative estimate of drug-likeness (QED) is 0.876. The molecule has 0 bridgehead atoms. The van der Waals surface area contributed by atoms with Crippen LogP contribution in [0.1, 0.15) is 5.56 Å². The maximum Gasteiger partial charge on any atom is 0.142 e. The highest BCUT2D eigenvalue weighted by atomic mass is 79.9. The van der Waals surface area contributed by atoms with E-state index in [2.05, 4.69) is 22.0 Å². The third-order valence-corrected chi connectivity index (χ3v) is 3.15. The molecule has 2 aromatic rings. The number of benzene rings is 2. The Balaban J connectivity index is 2.24. The first-order chi connectivity index (χ1) is 9.13. The van der Waals surface area contributed by atoms with E-state index >= 15 is 0 Å². The van der Waals surface area contributed by atoms with Gasteiger partial charge in [-0.15, -0.1) is 0 Å². The highest BCUT2D eigenvalue weighted by molar-refractivity contribution is 9.10. The Labute approximate surface area is 119 Å². The number of hydrogen-bond donors (Lipinski definition) is 1. The van der Waals surface area contributed by atoms with E-state index in [0.29, 0.717) is 33.0 Å². The Morgan fingerprint density at radius 1 is 1.16 bits per heavy atom. The summed E-state index contributed by atoms with van der Waals surface area (Å²) in [5.74, 6) is 1.83. The summed E-state index contributed by atoms with van der Waals surface area (Å²) in [4.78, 5) is 0. The van der Waals surface area contributed by atoms with Gasteiger partial charge in [-0.3, -0.25) is 0 Å². The fourth-order valence-corrected chi connectivity index (χ4v) is 2.01. The first-order valence-electron chi connectivity index (χ1n) is 5.45. The van der Waals surface area contributed by atoms with Crippen molar-refractivity contribution in [3.63, 3.8) is 0 Å². The summed E-state index contributed by atoms with van der Waals surface area (Å²) in [7, 11) is 1.56. The molecule has 0 aliphatic heterocycles. The van der Waals surface area contributed by atoms with E-state index in [1.807, 2.05) is 0 Å². The standard InChI is InChI=1S/C14H11BrN2O2/c1-18-14-5-4-11(7-13(14)17)19-10-3-2-9(8-16)12(15)6-10/h2-7H,17H2,1H3. The molecular formula is C14H11BrN2O2. The molecule has 2 N–H and O–H groups in total. The number of nitrogen functional groups attached to an aromatic ring is 1. The number of ether oxygens (including phenoxy) is 2. The van der Waals surface area contributed by atoms with Crippen LogP contribution in [0, 0.1) is 11.3 Å². The van der Waals surface area contributed by atoms with Crippen molar-refractivity contribution >= 4 is 21.6 Å². The topological polar surface area (TPSA) is 68.3 Å². The van der Waals surface area contributed by atoms with E-state index in [-0.39, 0.29) is 0 Å². The Morgan fingerprint density at radius 3 is 2.42 bits per heavy atom. The summed E-state index contributed by atoms with van der Waals surface area (Å²) in [6, 6.07) is 12.4. The minimum Gasteiger partial charge on any atom is -0.495 e. The van der Waals surface area contributed by atoms with Gasteiger partial charge in [-0.1, -0.05) is 0 Å². The minimum atomic E-state index is 0.507. The number of anilines is 1. The van der Waals surface area contributed by atoms with E-state index < -0.39 is 0 Å². The molecule has 0 aliphatic carbocycles. The van der Waals surface area contributed by atoms with Gasteiger partial charge < -0.3 is 15.2 Å². The van der Waals surface area contributed by atoms with E-state index in [9.17, 15) is 0 Å². The van der Waals surface area contributed by atoms with E-state index in [1.54, 1.807) is 43.5 Å². The van der Waals surface area contributed by atoms with Gasteiger partial charge in [-0.05, 0) is 46.3 Å². The Morgan fingerprint density at radius 2 is 1.84 bits per heavy atom. The fraction of sp³-hybridized carbons (Fsp3) is 0.0714. The van der Waals surface area contributed by atoms with Gasteiger partial charge in [-0.25, -0.2) is 0 Å². The predicted octanol–water partition coefficient (Wildman–Crippen LogP) is 3.70. The van der Waals surface area contributed by atoms with Gasteiger partial charge in [0.2, 0.25) is 0 Å². The van der Waals surface area contributed by atoms with Crippen LogP contribution in [0.5, 0.6) is 17.2 Å². The molecule has 0 spiro atoms. The lowest BCUT2D eigenvalue weighted by Crippen LogP contribution is -1.93. The van der Waals surface area contributed by atoms with Gasteiger partial charge in [0.1, 0.15) is 23.3 Å². The lowest BCUT2D eigenvalue weighted by Gasteiger charge is -2.09. The smallest absolute Gasteiger partial charge is 0.142 e. The van der Waals surface area contributed by atoms with Crippen molar-refractivity contribution in [2.75, 3.05) is 12.8 Å². The summed E-state index contributed by atoms with van der Waals surface area (Å²) in [6.45, 7) is 0. The predicted molar refractivity (Wildman–Crippen MR) is 76.3 cm³/mol. The zero-order chi connectivity index (χ0) is 13.8. The molecule has 4 nitrogen and oxygen atoms in total. The van der Waals surface area contributed by atoms with Crippen molar-refractivity contribution in [1.29, 1.82) is 5.26 Å². The highest BCUT2D eigenvalue weighted by Crippen LogP contribution is 2.31. The van der Waals surface area contributed by atoms with E-state index in [0.717, 1.165) is 0 Å². The average Bonchev–Trinajstić information content (AvgIpc) is 2.39. The molecule has 0 amide bonds. The lowest BCUT2D eigenvalue weighted by atomic mass is 10.2. The third-order valence-electron chi connectivity index (χ3n) is 2.50. The van der Waals surface area contributed by atoms with Crippen molar-refractivity contribution in [3.05, 3.63) is 46.4 Å². The van der Waals surface area contributed by atoms with Crippen molar-refractivity contribution in [1.82, 2.24) is 0 Å². The Kier molecular flexibility index (Phi) is 3.93. The molecule has 5 heteroatoms. The summed E-state index contributed by atoms with van der Waals surface area (Å²) in [5.41, 5.74) is 6.87. The number of nitrogens with zero attached hydrogens (tertiary/aromatic N) is 1. The molecule has 2 rings (SSSR count). The van der Waals surface area contributed by atoms with Crippen LogP contribution >= 0.6 is 15.9 Å². The average molecular weight is 319 g/mol. The van der Waals surface area contributed by atoms with Crippen LogP contribution in [-0.4, -0.2) is 7.11 Å². The van der Waals surface area contributed by atoms with Gasteiger partial charge in [-0.2, -0.15) is 5.26 Å². The van der Waals surface area contributed by atoms with Crippen LogP contribution in [0.15, 0.2) is 40.9 Å². The van der Waals surface area contributed by atoms with Gasteiger partial charge in [0, 0.05) is 10.5 Å². The summed E-state index contributed by atoms with van der Waals surface area (Å²) in [5, 5.41) is 8.84. The summed E-state index contributed by atoms with van der Waals surface area (Å²) >= 11 is 3.31.